The fraction of sp³-hybridized carbons (Fsp3) is 0.105. The van der Waals surface area contributed by atoms with Gasteiger partial charge in [-0.05, 0) is 57.9 Å². The standard InChI is InChI=1S/C19H13N/c1-2-6-14-12(5-1)11-13-9-10-17-19(18(13)14)15-7-3-4-8-16(15)20-17/h1-2,4-6,8-11H,3,7H2. The highest BCUT2D eigenvalue weighted by Crippen LogP contribution is 2.26. The van der Waals surface area contributed by atoms with Gasteiger partial charge in [0, 0.05) is 5.22 Å². The quantitative estimate of drug-likeness (QED) is 0.585. The summed E-state index contributed by atoms with van der Waals surface area (Å²) in [6.07, 6.45) is 8.94. The second kappa shape index (κ2) is 3.57. The molecule has 0 saturated heterocycles. The summed E-state index contributed by atoms with van der Waals surface area (Å²) in [7, 11) is 0. The third-order valence-corrected chi connectivity index (χ3v) is 4.45. The van der Waals surface area contributed by atoms with Crippen molar-refractivity contribution in [3.05, 3.63) is 75.0 Å². The van der Waals surface area contributed by atoms with Gasteiger partial charge in [0.1, 0.15) is 0 Å². The number of rotatable bonds is 0. The summed E-state index contributed by atoms with van der Waals surface area (Å²) in [6, 6.07) is 13.0. The van der Waals surface area contributed by atoms with Crippen molar-refractivity contribution in [1.29, 1.82) is 0 Å². The fourth-order valence-electron chi connectivity index (χ4n) is 3.57. The average Bonchev–Trinajstić information content (AvgIpc) is 3.04. The van der Waals surface area contributed by atoms with E-state index >= 15 is 0 Å². The predicted octanol–water partition coefficient (Wildman–Crippen LogP) is 2.70. The minimum absolute atomic E-state index is 1.11. The maximum Gasteiger partial charge on any atom is 0.0719 e. The molecule has 2 aromatic rings. The van der Waals surface area contributed by atoms with Crippen molar-refractivity contribution in [3.8, 4) is 0 Å². The van der Waals surface area contributed by atoms with Crippen molar-refractivity contribution in [1.82, 2.24) is 0 Å². The molecule has 5 rings (SSSR count). The van der Waals surface area contributed by atoms with Crippen molar-refractivity contribution in [2.24, 2.45) is 4.99 Å². The molecule has 0 aromatic heterocycles. The van der Waals surface area contributed by atoms with Crippen LogP contribution in [0.15, 0.2) is 53.5 Å². The van der Waals surface area contributed by atoms with Crippen molar-refractivity contribution in [2.75, 3.05) is 0 Å². The molecule has 0 amide bonds. The summed E-state index contributed by atoms with van der Waals surface area (Å²) >= 11 is 0. The molecule has 94 valence electrons. The minimum atomic E-state index is 1.11. The van der Waals surface area contributed by atoms with Gasteiger partial charge < -0.3 is 0 Å². The van der Waals surface area contributed by atoms with Crippen LogP contribution in [-0.2, 0) is 0 Å². The van der Waals surface area contributed by atoms with Crippen molar-refractivity contribution in [3.63, 3.8) is 0 Å². The summed E-state index contributed by atoms with van der Waals surface area (Å²) in [5.74, 6) is 0. The Bertz CT molecular complexity index is 1040. The van der Waals surface area contributed by atoms with Crippen LogP contribution in [0.2, 0.25) is 0 Å². The molecule has 1 aliphatic heterocycles. The lowest BCUT2D eigenvalue weighted by Gasteiger charge is -2.06. The first-order chi connectivity index (χ1) is 9.92. The molecule has 1 heteroatoms. The third kappa shape index (κ3) is 1.20. The van der Waals surface area contributed by atoms with Gasteiger partial charge in [0.15, 0.2) is 0 Å². The summed E-state index contributed by atoms with van der Waals surface area (Å²) in [4.78, 5) is 4.80. The van der Waals surface area contributed by atoms with Crippen LogP contribution in [0, 0.1) is 10.4 Å². The average molecular weight is 255 g/mol. The van der Waals surface area contributed by atoms with Crippen LogP contribution in [0.25, 0.3) is 11.6 Å². The van der Waals surface area contributed by atoms with Crippen molar-refractivity contribution in [2.45, 2.75) is 12.8 Å². The molecule has 1 nitrogen and oxygen atoms in total. The largest absolute Gasteiger partial charge is 0.248 e. The second-order valence-electron chi connectivity index (χ2n) is 5.57. The van der Waals surface area contributed by atoms with Gasteiger partial charge in [0.2, 0.25) is 0 Å². The van der Waals surface area contributed by atoms with E-state index in [-0.39, 0.29) is 0 Å². The monoisotopic (exact) mass is 255 g/mol. The van der Waals surface area contributed by atoms with E-state index < -0.39 is 0 Å². The van der Waals surface area contributed by atoms with Gasteiger partial charge in [-0.25, -0.2) is 4.99 Å². The van der Waals surface area contributed by atoms with Crippen LogP contribution < -0.4 is 10.4 Å². The number of hydrogen-bond acceptors (Lipinski definition) is 1. The smallest absolute Gasteiger partial charge is 0.0719 e. The molecular weight excluding hydrogens is 242 g/mol. The van der Waals surface area contributed by atoms with E-state index in [1.807, 2.05) is 0 Å². The van der Waals surface area contributed by atoms with Gasteiger partial charge in [0.25, 0.3) is 0 Å². The normalized spacial score (nSPS) is 17.0. The molecule has 0 radical (unpaired) electrons. The van der Waals surface area contributed by atoms with Gasteiger partial charge in [0.05, 0.1) is 11.4 Å². The lowest BCUT2D eigenvalue weighted by atomic mass is 9.96. The Balaban J connectivity index is 2.10. The first-order valence-electron chi connectivity index (χ1n) is 7.15. The van der Waals surface area contributed by atoms with Crippen LogP contribution in [0.4, 0.5) is 5.69 Å². The summed E-state index contributed by atoms with van der Waals surface area (Å²) in [6.45, 7) is 0. The van der Waals surface area contributed by atoms with Crippen LogP contribution >= 0.6 is 0 Å². The summed E-state index contributed by atoms with van der Waals surface area (Å²) < 4.78 is 0. The lowest BCUT2D eigenvalue weighted by molar-refractivity contribution is 1.07. The van der Waals surface area contributed by atoms with Crippen LogP contribution in [0.1, 0.15) is 18.4 Å². The molecule has 0 fully saturated rings. The van der Waals surface area contributed by atoms with Crippen LogP contribution in [0.3, 0.4) is 0 Å². The minimum Gasteiger partial charge on any atom is -0.248 e. The van der Waals surface area contributed by atoms with Crippen molar-refractivity contribution >= 4 is 23.0 Å². The Morgan fingerprint density at radius 2 is 1.90 bits per heavy atom. The summed E-state index contributed by atoms with van der Waals surface area (Å²) in [5.41, 5.74) is 5.09. The fourth-order valence-corrected chi connectivity index (χ4v) is 3.57. The number of benzene rings is 2. The Labute approximate surface area is 116 Å². The zero-order chi connectivity index (χ0) is 13.1. The molecule has 0 saturated carbocycles. The van der Waals surface area contributed by atoms with E-state index in [0.29, 0.717) is 0 Å². The van der Waals surface area contributed by atoms with E-state index in [2.05, 4.69) is 54.6 Å². The maximum absolute atomic E-state index is 4.80. The topological polar surface area (TPSA) is 12.4 Å². The molecule has 1 heterocycles. The highest BCUT2D eigenvalue weighted by Gasteiger charge is 2.19. The van der Waals surface area contributed by atoms with E-state index in [4.69, 9.17) is 4.99 Å². The third-order valence-electron chi connectivity index (χ3n) is 4.45. The number of nitrogens with zero attached hydrogens (tertiary/aromatic N) is 1. The maximum atomic E-state index is 4.80. The van der Waals surface area contributed by atoms with Gasteiger partial charge in [-0.2, -0.15) is 0 Å². The van der Waals surface area contributed by atoms with E-state index in [1.54, 1.807) is 0 Å². The Hall–Kier alpha value is -2.41. The Morgan fingerprint density at radius 1 is 0.950 bits per heavy atom. The van der Waals surface area contributed by atoms with E-state index in [9.17, 15) is 0 Å². The molecular formula is C19H13N. The molecule has 0 atom stereocenters. The first-order valence-corrected chi connectivity index (χ1v) is 7.15. The number of aliphatic imine (C=N–C) groups is 1. The van der Waals surface area contributed by atoms with Gasteiger partial charge in [-0.15, -0.1) is 0 Å². The Morgan fingerprint density at radius 3 is 2.90 bits per heavy atom. The molecule has 3 aliphatic rings. The summed E-state index contributed by atoms with van der Waals surface area (Å²) in [5, 5.41) is 5.46. The number of allylic oxidation sites excluding steroid dienone is 2. The van der Waals surface area contributed by atoms with E-state index in [1.165, 1.54) is 37.7 Å². The molecule has 0 N–H and O–H groups in total. The first kappa shape index (κ1) is 10.4. The molecule has 0 bridgehead atoms. The van der Waals surface area contributed by atoms with Gasteiger partial charge in [-0.1, -0.05) is 36.4 Å². The second-order valence-corrected chi connectivity index (χ2v) is 5.57. The highest BCUT2D eigenvalue weighted by molar-refractivity contribution is 6.28. The highest BCUT2D eigenvalue weighted by atomic mass is 14.8. The molecule has 2 aliphatic carbocycles. The zero-order valence-electron chi connectivity index (χ0n) is 11.1. The Kier molecular flexibility index (Phi) is 1.86. The molecule has 2 aromatic carbocycles. The molecule has 0 unspecified atom stereocenters. The number of hydrogen-bond donors (Lipinski definition) is 0. The van der Waals surface area contributed by atoms with Crippen molar-refractivity contribution < 1.29 is 0 Å². The van der Waals surface area contributed by atoms with Gasteiger partial charge in [-0.3, -0.25) is 0 Å². The predicted molar refractivity (Wildman–Crippen MR) is 82.3 cm³/mol. The molecule has 20 heavy (non-hydrogen) atoms. The molecule has 0 spiro atoms. The number of fused-ring (bicyclic) bond motifs is 5. The SMILES string of the molecule is C1=CC2=Nc3ccc4c(c3=C2CC1)=c1ccccc1=C4. The van der Waals surface area contributed by atoms with Crippen LogP contribution in [-0.4, -0.2) is 5.71 Å². The van der Waals surface area contributed by atoms with Gasteiger partial charge >= 0.3 is 0 Å². The lowest BCUT2D eigenvalue weighted by Crippen LogP contribution is -2.12. The zero-order valence-corrected chi connectivity index (χ0v) is 11.1. The van der Waals surface area contributed by atoms with E-state index in [0.717, 1.165) is 18.5 Å². The van der Waals surface area contributed by atoms with Crippen LogP contribution in [0.5, 0.6) is 0 Å².